The predicted molar refractivity (Wildman–Crippen MR) is 82.4 cm³/mol. The fourth-order valence-electron chi connectivity index (χ4n) is 1.76. The summed E-state index contributed by atoms with van der Waals surface area (Å²) in [5, 5.41) is 20.3. The molecule has 122 valence electrons. The monoisotopic (exact) mass is 494 g/mol. The molecule has 0 aromatic rings. The van der Waals surface area contributed by atoms with Gasteiger partial charge in [0.2, 0.25) is 0 Å². The largest absolute Gasteiger partial charge is 2.00 e. The van der Waals surface area contributed by atoms with Crippen LogP contribution >= 0.6 is 0 Å². The van der Waals surface area contributed by atoms with Crippen LogP contribution in [-0.2, 0) is 9.59 Å². The van der Waals surface area contributed by atoms with Crippen LogP contribution in [0.15, 0.2) is 0 Å². The second-order valence-corrected chi connectivity index (χ2v) is 5.58. The summed E-state index contributed by atoms with van der Waals surface area (Å²) in [6.45, 7) is 8.22. The third kappa shape index (κ3) is 22.3. The number of carboxylic acids is 2. The van der Waals surface area contributed by atoms with Gasteiger partial charge in [0.15, 0.2) is 0 Å². The third-order valence-electron chi connectivity index (χ3n) is 3.14. The first-order chi connectivity index (χ1) is 9.34. The van der Waals surface area contributed by atoms with Crippen molar-refractivity contribution in [1.82, 2.24) is 0 Å². The summed E-state index contributed by atoms with van der Waals surface area (Å²) in [5.41, 5.74) is 0. The molecule has 5 heteroatoms. The second-order valence-electron chi connectivity index (χ2n) is 5.58. The molecule has 0 amide bonds. The molecule has 0 spiro atoms. The van der Waals surface area contributed by atoms with E-state index in [-0.39, 0.29) is 39.6 Å². The minimum Gasteiger partial charge on any atom is -0.550 e. The Balaban J connectivity index is -0.000000295. The van der Waals surface area contributed by atoms with Crippen LogP contribution in [0, 0.1) is 11.8 Å². The first kappa shape index (κ1) is 25.8. The van der Waals surface area contributed by atoms with Crippen LogP contribution in [0.5, 0.6) is 0 Å². The molecule has 0 fully saturated rings. The van der Waals surface area contributed by atoms with Crippen molar-refractivity contribution >= 4 is 39.2 Å². The molecule has 1 unspecified atom stereocenters. The van der Waals surface area contributed by atoms with Crippen molar-refractivity contribution in [2.45, 2.75) is 79.1 Å². The van der Waals surface area contributed by atoms with E-state index < -0.39 is 11.9 Å². The molecule has 0 rings (SSSR count). The summed E-state index contributed by atoms with van der Waals surface area (Å²) < 4.78 is 0. The minimum atomic E-state index is -0.927. The number of carbonyl (C=O) groups excluding carboxylic acids is 2. The van der Waals surface area contributed by atoms with Crippen molar-refractivity contribution < 1.29 is 19.8 Å². The van der Waals surface area contributed by atoms with Crippen molar-refractivity contribution in [2.75, 3.05) is 0 Å². The Morgan fingerprint density at radius 2 is 1.52 bits per heavy atom. The predicted octanol–water partition coefficient (Wildman–Crippen LogP) is 1.52. The van der Waals surface area contributed by atoms with Gasteiger partial charge in [-0.05, 0) is 37.5 Å². The Labute approximate surface area is 149 Å². The van der Waals surface area contributed by atoms with Gasteiger partial charge in [-0.1, -0.05) is 53.4 Å². The number of hydrogen-bond acceptors (Lipinski definition) is 4. The number of aliphatic carboxylic acids is 2. The maximum absolute atomic E-state index is 10.3. The number of rotatable bonds is 10. The Morgan fingerprint density at radius 1 is 0.952 bits per heavy atom. The number of carboxylic acid groups (broad SMARTS) is 2. The van der Waals surface area contributed by atoms with Crippen LogP contribution in [0.2, 0.25) is 0 Å². The maximum atomic E-state index is 10.3. The maximum Gasteiger partial charge on any atom is 2.00 e. The summed E-state index contributed by atoms with van der Waals surface area (Å²) in [7, 11) is 0. The first-order valence-corrected chi connectivity index (χ1v) is 7.75. The summed E-state index contributed by atoms with van der Waals surface area (Å²) >= 11 is 0. The molecule has 0 bridgehead atoms. The molecule has 0 saturated heterocycles. The van der Waals surface area contributed by atoms with Gasteiger partial charge in [0.25, 0.3) is 0 Å². The van der Waals surface area contributed by atoms with Crippen molar-refractivity contribution in [3.05, 3.63) is 0 Å². The van der Waals surface area contributed by atoms with Crippen molar-refractivity contribution in [1.29, 1.82) is 0 Å². The zero-order valence-electron chi connectivity index (χ0n) is 13.9. The Bertz CT molecular complexity index is 255. The van der Waals surface area contributed by atoms with Gasteiger partial charge < -0.3 is 19.8 Å². The molecule has 21 heavy (non-hydrogen) atoms. The molecule has 2 radical (unpaired) electrons. The second kappa shape index (κ2) is 17.9. The van der Waals surface area contributed by atoms with E-state index in [0.717, 1.165) is 38.5 Å². The molecule has 0 saturated carbocycles. The van der Waals surface area contributed by atoms with E-state index >= 15 is 0 Å². The average Bonchev–Trinajstić information content (AvgIpc) is 2.35. The standard InChI is InChI=1S/2C8H16O2.Pb/c1-7(2)5-3-4-6-8(9)10;1-3-5-6-7(4-2)8(9)10;/h2*7H,3-6H2,1-2H3,(H,9,10);/q;;+2/p-2. The molecule has 0 aliphatic rings. The van der Waals surface area contributed by atoms with Crippen molar-refractivity contribution in [3.8, 4) is 0 Å². The number of unbranched alkanes of at least 4 members (excludes halogenated alkanes) is 2. The van der Waals surface area contributed by atoms with Crippen LogP contribution in [0.3, 0.4) is 0 Å². The van der Waals surface area contributed by atoms with Crippen LogP contribution in [0.25, 0.3) is 0 Å². The van der Waals surface area contributed by atoms with Crippen LogP contribution in [-0.4, -0.2) is 39.2 Å². The van der Waals surface area contributed by atoms with Crippen LogP contribution in [0.4, 0.5) is 0 Å². The molecule has 0 aliphatic carbocycles. The molecule has 0 heterocycles. The molecule has 0 N–H and O–H groups in total. The van der Waals surface area contributed by atoms with E-state index in [2.05, 4.69) is 20.8 Å². The first-order valence-electron chi connectivity index (χ1n) is 7.75. The SMILES string of the molecule is CC(C)CCCCC(=O)[O-].CCCCC(CC)C(=O)[O-].[Pb+2]. The topological polar surface area (TPSA) is 80.3 Å². The van der Waals surface area contributed by atoms with E-state index in [1.54, 1.807) is 0 Å². The van der Waals surface area contributed by atoms with Gasteiger partial charge in [-0.2, -0.15) is 0 Å². The van der Waals surface area contributed by atoms with E-state index in [1.165, 1.54) is 0 Å². The molecular weight excluding hydrogens is 463 g/mol. The molecule has 1 atom stereocenters. The summed E-state index contributed by atoms with van der Waals surface area (Å²) in [6, 6.07) is 0. The van der Waals surface area contributed by atoms with E-state index in [9.17, 15) is 19.8 Å². The van der Waals surface area contributed by atoms with E-state index in [4.69, 9.17) is 0 Å². The fraction of sp³-hybridized carbons (Fsp3) is 0.875. The van der Waals surface area contributed by atoms with Crippen LogP contribution in [0.1, 0.15) is 79.1 Å². The summed E-state index contributed by atoms with van der Waals surface area (Å²) in [5.74, 6) is -1.36. The zero-order valence-corrected chi connectivity index (χ0v) is 17.8. The van der Waals surface area contributed by atoms with E-state index in [0.29, 0.717) is 12.3 Å². The molecule has 4 nitrogen and oxygen atoms in total. The Morgan fingerprint density at radius 3 is 1.86 bits per heavy atom. The smallest absolute Gasteiger partial charge is 0.550 e. The quantitative estimate of drug-likeness (QED) is 0.342. The number of carbonyl (C=O) groups is 2. The van der Waals surface area contributed by atoms with Crippen molar-refractivity contribution in [3.63, 3.8) is 0 Å². The average molecular weight is 494 g/mol. The zero-order chi connectivity index (χ0) is 16.0. The summed E-state index contributed by atoms with van der Waals surface area (Å²) in [4.78, 5) is 20.3. The van der Waals surface area contributed by atoms with Gasteiger partial charge in [-0.15, -0.1) is 0 Å². The van der Waals surface area contributed by atoms with Crippen molar-refractivity contribution in [2.24, 2.45) is 11.8 Å². The van der Waals surface area contributed by atoms with Crippen LogP contribution < -0.4 is 10.2 Å². The minimum absolute atomic E-state index is 0. The van der Waals surface area contributed by atoms with Gasteiger partial charge in [-0.25, -0.2) is 0 Å². The van der Waals surface area contributed by atoms with Gasteiger partial charge in [0.05, 0.1) is 0 Å². The molecule has 0 aliphatic heterocycles. The third-order valence-corrected chi connectivity index (χ3v) is 3.14. The normalized spacial score (nSPS) is 11.1. The number of hydrogen-bond donors (Lipinski definition) is 0. The Hall–Kier alpha value is -0.138. The fourth-order valence-corrected chi connectivity index (χ4v) is 1.76. The van der Waals surface area contributed by atoms with Gasteiger partial charge in [0.1, 0.15) is 0 Å². The molecular formula is C16H30O4Pb. The Kier molecular flexibility index (Phi) is 22.0. The molecule has 0 aromatic carbocycles. The van der Waals surface area contributed by atoms with E-state index in [1.807, 2.05) is 6.92 Å². The van der Waals surface area contributed by atoms with Gasteiger partial charge in [-0.3, -0.25) is 0 Å². The molecule has 0 aromatic heterocycles. The summed E-state index contributed by atoms with van der Waals surface area (Å²) in [6.07, 6.45) is 6.63. The van der Waals surface area contributed by atoms with Gasteiger partial charge in [0, 0.05) is 11.9 Å². The van der Waals surface area contributed by atoms with Gasteiger partial charge >= 0.3 is 27.3 Å².